The van der Waals surface area contributed by atoms with E-state index in [1.165, 1.54) is 18.3 Å². The number of rotatable bonds is 3. The molecule has 0 atom stereocenters. The van der Waals surface area contributed by atoms with Crippen molar-refractivity contribution in [1.82, 2.24) is 9.97 Å². The van der Waals surface area contributed by atoms with Gasteiger partial charge in [0.05, 0.1) is 12.3 Å². The fourth-order valence-corrected chi connectivity index (χ4v) is 0.989. The predicted octanol–water partition coefficient (Wildman–Crippen LogP) is 1.73. The van der Waals surface area contributed by atoms with E-state index in [0.29, 0.717) is 0 Å². The van der Waals surface area contributed by atoms with E-state index < -0.39 is 4.92 Å². The second kappa shape index (κ2) is 4.30. The van der Waals surface area contributed by atoms with Gasteiger partial charge < -0.3 is 4.42 Å². The van der Waals surface area contributed by atoms with Crippen LogP contribution in [0.2, 0.25) is 0 Å². The molecule has 2 heterocycles. The van der Waals surface area contributed by atoms with Crippen molar-refractivity contribution in [2.75, 3.05) is 0 Å². The van der Waals surface area contributed by atoms with E-state index in [1.807, 2.05) is 0 Å². The molecule has 2 aromatic heterocycles. The minimum absolute atomic E-state index is 0.265. The highest BCUT2D eigenvalue weighted by Crippen LogP contribution is 2.14. The summed E-state index contributed by atoms with van der Waals surface area (Å²) in [6, 6.07) is 4.37. The van der Waals surface area contributed by atoms with E-state index in [-0.39, 0.29) is 17.6 Å². The Morgan fingerprint density at radius 3 is 2.75 bits per heavy atom. The van der Waals surface area contributed by atoms with Gasteiger partial charge in [-0.15, -0.1) is 0 Å². The number of aromatic nitrogens is 2. The van der Waals surface area contributed by atoms with Gasteiger partial charge in [0.25, 0.3) is 0 Å². The first kappa shape index (κ1) is 9.97. The second-order valence-corrected chi connectivity index (χ2v) is 2.74. The summed E-state index contributed by atoms with van der Waals surface area (Å²) >= 11 is 0. The van der Waals surface area contributed by atoms with Crippen molar-refractivity contribution in [3.8, 4) is 0 Å². The minimum Gasteiger partial charge on any atom is -0.400 e. The Hall–Kier alpha value is -2.57. The minimum atomic E-state index is -0.615. The normalized spacial score (nSPS) is 10.8. The summed E-state index contributed by atoms with van der Waals surface area (Å²) in [5.41, 5.74) is 0. The molecule has 0 saturated carbocycles. The van der Waals surface area contributed by atoms with Gasteiger partial charge in [0.2, 0.25) is 5.95 Å². The smallest absolute Gasteiger partial charge is 0.400 e. The highest BCUT2D eigenvalue weighted by Gasteiger charge is 2.10. The summed E-state index contributed by atoms with van der Waals surface area (Å²) in [5, 5.41) is 10.3. The number of furan rings is 1. The van der Waals surface area contributed by atoms with Crippen molar-refractivity contribution in [3.63, 3.8) is 0 Å². The van der Waals surface area contributed by atoms with E-state index in [4.69, 9.17) is 4.42 Å². The first-order chi connectivity index (χ1) is 7.75. The molecule has 2 aromatic rings. The molecule has 0 spiro atoms. The lowest BCUT2D eigenvalue weighted by Crippen LogP contribution is -1.83. The van der Waals surface area contributed by atoms with E-state index in [1.54, 1.807) is 18.5 Å². The molecule has 80 valence electrons. The average Bonchev–Trinajstić information content (AvgIpc) is 2.76. The first-order valence-electron chi connectivity index (χ1n) is 4.31. The number of hydrogen-bond acceptors (Lipinski definition) is 6. The van der Waals surface area contributed by atoms with E-state index >= 15 is 0 Å². The number of nitrogens with zero attached hydrogens (tertiary/aromatic N) is 4. The largest absolute Gasteiger partial charge is 0.433 e. The fraction of sp³-hybridized carbons (Fsp3) is 0. The van der Waals surface area contributed by atoms with Crippen LogP contribution in [0.15, 0.2) is 40.0 Å². The van der Waals surface area contributed by atoms with Crippen LogP contribution in [0.3, 0.4) is 0 Å². The first-order valence-corrected chi connectivity index (χ1v) is 4.31. The van der Waals surface area contributed by atoms with Crippen molar-refractivity contribution < 1.29 is 9.34 Å². The van der Waals surface area contributed by atoms with Gasteiger partial charge in [-0.2, -0.15) is 0 Å². The zero-order valence-electron chi connectivity index (χ0n) is 7.98. The summed E-state index contributed by atoms with van der Waals surface area (Å²) in [5.74, 6) is 0.219. The molecule has 0 bridgehead atoms. The standard InChI is InChI=1S/C9H6N4O3/c14-13(15)8-3-2-7(16-8)6-12-9-10-4-1-5-11-9/h1-6H/b12-6-. The molecule has 0 saturated heterocycles. The van der Waals surface area contributed by atoms with Crippen LogP contribution >= 0.6 is 0 Å². The monoisotopic (exact) mass is 218 g/mol. The Morgan fingerprint density at radius 2 is 2.12 bits per heavy atom. The van der Waals surface area contributed by atoms with Gasteiger partial charge >= 0.3 is 5.88 Å². The highest BCUT2D eigenvalue weighted by atomic mass is 16.6. The summed E-state index contributed by atoms with van der Waals surface area (Å²) in [6.45, 7) is 0. The Balaban J connectivity index is 2.15. The van der Waals surface area contributed by atoms with Crippen molar-refractivity contribution in [2.24, 2.45) is 4.99 Å². The molecule has 0 aliphatic heterocycles. The van der Waals surface area contributed by atoms with Gasteiger partial charge in [-0.3, -0.25) is 10.1 Å². The maximum atomic E-state index is 10.3. The maximum Gasteiger partial charge on any atom is 0.433 e. The van der Waals surface area contributed by atoms with Crippen LogP contribution < -0.4 is 0 Å². The van der Waals surface area contributed by atoms with Crippen LogP contribution in [0.5, 0.6) is 0 Å². The molecule has 7 heteroatoms. The van der Waals surface area contributed by atoms with Crippen LogP contribution in [-0.4, -0.2) is 21.1 Å². The molecule has 16 heavy (non-hydrogen) atoms. The van der Waals surface area contributed by atoms with Gasteiger partial charge in [0, 0.05) is 12.4 Å². The molecule has 7 nitrogen and oxygen atoms in total. The van der Waals surface area contributed by atoms with E-state index in [2.05, 4.69) is 15.0 Å². The zero-order chi connectivity index (χ0) is 11.4. The zero-order valence-corrected chi connectivity index (χ0v) is 7.98. The van der Waals surface area contributed by atoms with Crippen molar-refractivity contribution >= 4 is 18.0 Å². The molecular formula is C9H6N4O3. The molecule has 0 amide bonds. The summed E-state index contributed by atoms with van der Waals surface area (Å²) in [6.07, 6.45) is 4.41. The molecule has 0 aliphatic rings. The SMILES string of the molecule is O=[N+]([O-])c1ccc(/C=N\c2ncccn2)o1. The van der Waals surface area contributed by atoms with Gasteiger partial charge in [-0.05, 0) is 12.1 Å². The van der Waals surface area contributed by atoms with Crippen molar-refractivity contribution in [1.29, 1.82) is 0 Å². The average molecular weight is 218 g/mol. The molecule has 0 N–H and O–H groups in total. The van der Waals surface area contributed by atoms with Crippen LogP contribution in [0.25, 0.3) is 0 Å². The lowest BCUT2D eigenvalue weighted by atomic mass is 10.5. The lowest BCUT2D eigenvalue weighted by Gasteiger charge is -1.87. The fourth-order valence-electron chi connectivity index (χ4n) is 0.989. The summed E-state index contributed by atoms with van der Waals surface area (Å²) in [4.78, 5) is 21.3. The van der Waals surface area contributed by atoms with Crippen molar-refractivity contribution in [2.45, 2.75) is 0 Å². The third-order valence-corrected chi connectivity index (χ3v) is 1.65. The predicted molar refractivity (Wildman–Crippen MR) is 54.6 cm³/mol. The van der Waals surface area contributed by atoms with Crippen molar-refractivity contribution in [3.05, 3.63) is 46.5 Å². The summed E-state index contributed by atoms with van der Waals surface area (Å²) in [7, 11) is 0. The number of hydrogen-bond donors (Lipinski definition) is 0. The maximum absolute atomic E-state index is 10.3. The lowest BCUT2D eigenvalue weighted by molar-refractivity contribution is -0.402. The van der Waals surface area contributed by atoms with Crippen LogP contribution in [0, 0.1) is 10.1 Å². The molecule has 2 rings (SSSR count). The van der Waals surface area contributed by atoms with Crippen LogP contribution in [0.1, 0.15) is 5.76 Å². The van der Waals surface area contributed by atoms with Crippen LogP contribution in [0.4, 0.5) is 11.8 Å². The van der Waals surface area contributed by atoms with Gasteiger partial charge in [0.1, 0.15) is 4.92 Å². The van der Waals surface area contributed by atoms with Gasteiger partial charge in [-0.1, -0.05) is 0 Å². The third-order valence-electron chi connectivity index (χ3n) is 1.65. The quantitative estimate of drug-likeness (QED) is 0.444. The van der Waals surface area contributed by atoms with E-state index in [9.17, 15) is 10.1 Å². The third kappa shape index (κ3) is 2.27. The Kier molecular flexibility index (Phi) is 2.68. The highest BCUT2D eigenvalue weighted by molar-refractivity contribution is 5.78. The number of nitro groups is 1. The van der Waals surface area contributed by atoms with Crippen LogP contribution in [-0.2, 0) is 0 Å². The van der Waals surface area contributed by atoms with E-state index in [0.717, 1.165) is 0 Å². The topological polar surface area (TPSA) is 94.4 Å². The molecule has 0 unspecified atom stereocenters. The second-order valence-electron chi connectivity index (χ2n) is 2.74. The Morgan fingerprint density at radius 1 is 1.38 bits per heavy atom. The summed E-state index contributed by atoms with van der Waals surface area (Å²) < 4.78 is 4.86. The molecule has 0 aromatic carbocycles. The molecule has 0 radical (unpaired) electrons. The Bertz CT molecular complexity index is 521. The number of aliphatic imine (C=N–C) groups is 1. The Labute approximate surface area is 89.6 Å². The molecule has 0 fully saturated rings. The molecule has 0 aliphatic carbocycles. The van der Waals surface area contributed by atoms with Gasteiger partial charge in [-0.25, -0.2) is 15.0 Å². The molecular weight excluding hydrogens is 212 g/mol. The van der Waals surface area contributed by atoms with Gasteiger partial charge in [0.15, 0.2) is 5.76 Å².